The van der Waals surface area contributed by atoms with E-state index in [4.69, 9.17) is 23.8 Å². The molecule has 0 saturated carbocycles. The summed E-state index contributed by atoms with van der Waals surface area (Å²) in [6.07, 6.45) is 6.71. The van der Waals surface area contributed by atoms with E-state index < -0.39 is 0 Å². The van der Waals surface area contributed by atoms with Crippen LogP contribution < -0.4 is 0 Å². The number of aromatic nitrogens is 6. The summed E-state index contributed by atoms with van der Waals surface area (Å²) >= 11 is 1.94. The third-order valence-corrected chi connectivity index (χ3v) is 24.0. The molecule has 3 aliphatic carbocycles. The van der Waals surface area contributed by atoms with Crippen LogP contribution in [-0.2, 0) is 17.3 Å². The van der Waals surface area contributed by atoms with E-state index in [1.54, 1.807) is 0 Å². The second-order valence-electron chi connectivity index (χ2n) is 28.8. The molecule has 0 spiro atoms. The third kappa shape index (κ3) is 8.02. The third-order valence-electron chi connectivity index (χ3n) is 22.8. The van der Waals surface area contributed by atoms with Crippen molar-refractivity contribution >= 4 is 141 Å². The van der Waals surface area contributed by atoms with Crippen LogP contribution >= 0.6 is 11.3 Å². The fraction of sp³-hybridized carbons (Fsp3) is 0.0745. The molecule has 24 rings (SSSR count). The zero-order chi connectivity index (χ0) is 68.1. The quantitative estimate of drug-likeness (QED) is 0.176. The van der Waals surface area contributed by atoms with Gasteiger partial charge in [-0.3, -0.25) is 9.13 Å². The lowest BCUT2D eigenvalue weighted by Crippen LogP contribution is -2.14. The molecule has 486 valence electrons. The number of thiophene rings is 1. The maximum absolute atomic E-state index is 6.87. The van der Waals surface area contributed by atoms with E-state index in [9.17, 15) is 0 Å². The molecular formula is C94H62N6O2S. The molecule has 9 aromatic heterocycles. The van der Waals surface area contributed by atoms with Crippen LogP contribution in [0.25, 0.3) is 180 Å². The number of pyridine rings is 3. The van der Waals surface area contributed by atoms with Crippen molar-refractivity contribution in [1.29, 1.82) is 0 Å². The molecule has 12 aromatic carbocycles. The molecule has 3 aliphatic rings. The van der Waals surface area contributed by atoms with Gasteiger partial charge in [-0.25, -0.2) is 15.0 Å². The Hall–Kier alpha value is -12.7. The van der Waals surface area contributed by atoms with Gasteiger partial charge in [-0.15, -0.1) is 11.3 Å². The van der Waals surface area contributed by atoms with Gasteiger partial charge >= 0.3 is 0 Å². The van der Waals surface area contributed by atoms with Gasteiger partial charge in [0.15, 0.2) is 5.58 Å². The zero-order valence-electron chi connectivity index (χ0n) is 56.8. The van der Waals surface area contributed by atoms with Crippen molar-refractivity contribution in [2.24, 2.45) is 0 Å². The van der Waals surface area contributed by atoms with E-state index in [-0.39, 0.29) is 10.8 Å². The molecule has 0 fully saturated rings. The molecule has 8 nitrogen and oxygen atoms in total. The maximum atomic E-state index is 6.87. The Kier molecular flexibility index (Phi) is 12.1. The maximum Gasteiger partial charge on any atom is 0.163 e. The number of hydrogen-bond donors (Lipinski definition) is 0. The highest BCUT2D eigenvalue weighted by atomic mass is 32.1. The smallest absolute Gasteiger partial charge is 0.163 e. The van der Waals surface area contributed by atoms with Crippen molar-refractivity contribution in [3.8, 4) is 50.4 Å². The molecule has 9 heteroatoms. The minimum atomic E-state index is -0.0539. The van der Waals surface area contributed by atoms with Gasteiger partial charge < -0.3 is 13.4 Å². The molecular weight excluding hydrogens is 1280 g/mol. The molecule has 0 unspecified atom stereocenters. The van der Waals surface area contributed by atoms with Gasteiger partial charge in [0.05, 0.1) is 39.0 Å². The van der Waals surface area contributed by atoms with Crippen LogP contribution in [0, 0.1) is 0 Å². The van der Waals surface area contributed by atoms with E-state index in [1.807, 2.05) is 48.1 Å². The monoisotopic (exact) mass is 1340 g/mol. The largest absolute Gasteiger partial charge is 0.455 e. The van der Waals surface area contributed by atoms with E-state index in [2.05, 4.69) is 296 Å². The Bertz CT molecular complexity index is 6910. The fourth-order valence-corrected chi connectivity index (χ4v) is 19.6. The first-order valence-electron chi connectivity index (χ1n) is 35.4. The van der Waals surface area contributed by atoms with Crippen LogP contribution in [0.3, 0.4) is 0 Å². The van der Waals surface area contributed by atoms with Crippen LogP contribution in [0.4, 0.5) is 0 Å². The van der Waals surface area contributed by atoms with Crippen molar-refractivity contribution in [1.82, 2.24) is 28.7 Å². The molecule has 0 N–H and O–H groups in total. The lowest BCUT2D eigenvalue weighted by atomic mass is 9.82. The van der Waals surface area contributed by atoms with Gasteiger partial charge in [-0.2, -0.15) is 0 Å². The van der Waals surface area contributed by atoms with Gasteiger partial charge in [0, 0.05) is 115 Å². The summed E-state index contributed by atoms with van der Waals surface area (Å²) in [5.74, 6) is 0. The summed E-state index contributed by atoms with van der Waals surface area (Å²) in [5, 5.41) is 13.1. The summed E-state index contributed by atoms with van der Waals surface area (Å²) in [5.41, 5.74) is 30.5. The lowest BCUT2D eigenvalue weighted by Gasteiger charge is -2.21. The Labute approximate surface area is 595 Å². The summed E-state index contributed by atoms with van der Waals surface area (Å²) < 4.78 is 23.2. The minimum absolute atomic E-state index is 0.0128. The van der Waals surface area contributed by atoms with E-state index in [0.717, 1.165) is 111 Å². The standard InChI is InChI=1S/C32H22N2O.C32H22N2S.C30H18N2O/c2*1-32(2)24-13-7-6-11-22(24)27-25(32)16-14-20-21-15-17-26-28(30(21)35-29(20)27)23-12-8-18-33-31(23)34(26)19-9-4-3-5-10-19;1-2-9-20(10-3-1)32-24-13-7-6-12-22(24)27-25(32)17-31-28-23-15-14-19-16-18-8-4-5-11-21(18)26(19)29(23)33-30(27)28/h2*3-18H,1-2H3;1-15,17H,16H2. The van der Waals surface area contributed by atoms with E-state index in [0.29, 0.717) is 0 Å². The predicted molar refractivity (Wildman–Crippen MR) is 427 cm³/mol. The highest BCUT2D eigenvalue weighted by molar-refractivity contribution is 7.27. The average Bonchev–Trinajstić information content (AvgIpc) is 1.55. The second-order valence-corrected chi connectivity index (χ2v) is 29.9. The van der Waals surface area contributed by atoms with Crippen LogP contribution in [-0.4, -0.2) is 28.7 Å². The average molecular weight is 1340 g/mol. The zero-order valence-corrected chi connectivity index (χ0v) is 57.6. The topological polar surface area (TPSA) is 79.7 Å². The van der Waals surface area contributed by atoms with Crippen LogP contribution in [0.15, 0.2) is 300 Å². The molecule has 0 radical (unpaired) electrons. The number of furan rings is 2. The fourth-order valence-electron chi connectivity index (χ4n) is 18.1. The number of hydrogen-bond acceptors (Lipinski definition) is 6. The number of fused-ring (bicyclic) bond motifs is 33. The van der Waals surface area contributed by atoms with Gasteiger partial charge in [0.1, 0.15) is 33.6 Å². The highest BCUT2D eigenvalue weighted by Crippen LogP contribution is 2.57. The Balaban J connectivity index is 0.0000000974. The normalized spacial score (nSPS) is 13.7. The molecule has 0 atom stereocenters. The molecule has 0 saturated heterocycles. The molecule has 103 heavy (non-hydrogen) atoms. The molecule has 0 bridgehead atoms. The van der Waals surface area contributed by atoms with E-state index in [1.165, 1.54) is 109 Å². The number of nitrogens with zero attached hydrogens (tertiary/aromatic N) is 6. The summed E-state index contributed by atoms with van der Waals surface area (Å²) in [6, 6.07) is 97.5. The molecule has 21 aromatic rings. The van der Waals surface area contributed by atoms with Crippen LogP contribution in [0.1, 0.15) is 61.1 Å². The Morgan fingerprint density at radius 3 is 1.49 bits per heavy atom. The molecule has 0 amide bonds. The second kappa shape index (κ2) is 21.4. The predicted octanol–water partition coefficient (Wildman–Crippen LogP) is 24.9. The van der Waals surface area contributed by atoms with Gasteiger partial charge in [-0.1, -0.05) is 210 Å². The van der Waals surface area contributed by atoms with Crippen molar-refractivity contribution in [2.75, 3.05) is 0 Å². The van der Waals surface area contributed by atoms with Crippen molar-refractivity contribution in [2.45, 2.75) is 44.9 Å². The van der Waals surface area contributed by atoms with Crippen LogP contribution in [0.2, 0.25) is 0 Å². The summed E-state index contributed by atoms with van der Waals surface area (Å²) in [4.78, 5) is 14.6. The molecule has 9 heterocycles. The number of rotatable bonds is 3. The first-order valence-corrected chi connectivity index (χ1v) is 36.3. The van der Waals surface area contributed by atoms with Crippen LogP contribution in [0.5, 0.6) is 0 Å². The summed E-state index contributed by atoms with van der Waals surface area (Å²) in [7, 11) is 0. The van der Waals surface area contributed by atoms with Gasteiger partial charge in [0.2, 0.25) is 0 Å². The Morgan fingerprint density at radius 1 is 0.311 bits per heavy atom. The van der Waals surface area contributed by atoms with Gasteiger partial charge in [-0.05, 0) is 147 Å². The first-order chi connectivity index (χ1) is 50.7. The minimum Gasteiger partial charge on any atom is -0.455 e. The lowest BCUT2D eigenvalue weighted by molar-refractivity contribution is 0.654. The summed E-state index contributed by atoms with van der Waals surface area (Å²) in [6.45, 7) is 9.33. The SMILES string of the molecule is CC1(C)c2ccccc2-c2c1ccc1c2oc2c1ccc1c2c2cccnc2n1-c1ccccc1.CC1(C)c2ccccc2-c2c1ccc1c2sc2c1ccc1c2c2cccnc2n1-c1ccccc1.c1ccc(-n2c3ccccc3c3c4oc5c6c(ccc5c4ncc32)Cc2ccccc2-6)cc1. The first kappa shape index (κ1) is 58.1. The van der Waals surface area contributed by atoms with E-state index >= 15 is 0 Å². The number of benzene rings is 12. The number of para-hydroxylation sites is 4. The van der Waals surface area contributed by atoms with Crippen molar-refractivity contribution in [3.05, 3.63) is 325 Å². The van der Waals surface area contributed by atoms with Gasteiger partial charge in [0.25, 0.3) is 0 Å². The Morgan fingerprint density at radius 2 is 0.796 bits per heavy atom. The highest BCUT2D eigenvalue weighted by Gasteiger charge is 2.39. The van der Waals surface area contributed by atoms with Crippen molar-refractivity contribution in [3.63, 3.8) is 0 Å². The van der Waals surface area contributed by atoms with Crippen molar-refractivity contribution < 1.29 is 8.83 Å². The molecule has 0 aliphatic heterocycles.